The van der Waals surface area contributed by atoms with Gasteiger partial charge >= 0.3 is 0 Å². The van der Waals surface area contributed by atoms with E-state index in [1.54, 1.807) is 0 Å². The standard InChI is InChI=1S/C6H16NOPSi/c1-9(2,6-8)7-10(3,4)5/h6H,1-5H3. The highest BCUT2D eigenvalue weighted by Gasteiger charge is 2.14. The molecule has 0 aliphatic carbocycles. The van der Waals surface area contributed by atoms with Gasteiger partial charge in [0.25, 0.3) is 0 Å². The highest BCUT2D eigenvalue weighted by molar-refractivity contribution is 7.79. The van der Waals surface area contributed by atoms with E-state index in [1.165, 1.54) is 0 Å². The largest absolute Gasteiger partial charge is 0.331 e. The van der Waals surface area contributed by atoms with E-state index in [-0.39, 0.29) is 0 Å². The van der Waals surface area contributed by atoms with Crippen molar-refractivity contribution in [3.8, 4) is 0 Å². The molecule has 0 saturated carbocycles. The highest BCUT2D eigenvalue weighted by atomic mass is 31.2. The van der Waals surface area contributed by atoms with Crippen molar-refractivity contribution in [2.45, 2.75) is 19.6 Å². The molecular weight excluding hydrogens is 161 g/mol. The van der Waals surface area contributed by atoms with E-state index in [9.17, 15) is 4.79 Å². The summed E-state index contributed by atoms with van der Waals surface area (Å²) in [6.07, 6.45) is 0. The van der Waals surface area contributed by atoms with Crippen LogP contribution >= 0.6 is 7.05 Å². The molecule has 0 amide bonds. The summed E-state index contributed by atoms with van der Waals surface area (Å²) >= 11 is 0. The van der Waals surface area contributed by atoms with E-state index in [4.69, 9.17) is 0 Å². The molecule has 0 N–H and O–H groups in total. The number of rotatable bonds is 2. The lowest BCUT2D eigenvalue weighted by Crippen LogP contribution is -2.15. The second-order valence-corrected chi connectivity index (χ2v) is 12.2. The fourth-order valence-corrected chi connectivity index (χ4v) is 7.17. The first-order valence-corrected chi connectivity index (χ1v) is 9.46. The minimum atomic E-state index is -1.54. The van der Waals surface area contributed by atoms with E-state index in [0.717, 1.165) is 6.03 Å². The van der Waals surface area contributed by atoms with Gasteiger partial charge in [0.2, 0.25) is 0 Å². The number of carbonyl (C=O) groups is 1. The summed E-state index contributed by atoms with van der Waals surface area (Å²) in [5.74, 6) is 0. The van der Waals surface area contributed by atoms with Crippen molar-refractivity contribution in [2.24, 2.45) is 4.41 Å². The Morgan fingerprint density at radius 1 is 1.30 bits per heavy atom. The molecular formula is C6H16NOPSi. The first kappa shape index (κ1) is 10.1. The molecule has 0 heterocycles. The third kappa shape index (κ3) is 4.95. The van der Waals surface area contributed by atoms with Crippen molar-refractivity contribution in [1.29, 1.82) is 0 Å². The first-order valence-electron chi connectivity index (χ1n) is 3.31. The molecule has 0 aliphatic heterocycles. The summed E-state index contributed by atoms with van der Waals surface area (Å²) in [6, 6.07) is 1.02. The van der Waals surface area contributed by atoms with E-state index < -0.39 is 15.3 Å². The zero-order chi connectivity index (χ0) is 8.41. The van der Waals surface area contributed by atoms with Crippen molar-refractivity contribution < 1.29 is 4.79 Å². The van der Waals surface area contributed by atoms with Gasteiger partial charge in [0.15, 0.2) is 14.3 Å². The summed E-state index contributed by atoms with van der Waals surface area (Å²) in [6.45, 7) is 10.4. The maximum absolute atomic E-state index is 10.5. The predicted molar refractivity (Wildman–Crippen MR) is 51.3 cm³/mol. The summed E-state index contributed by atoms with van der Waals surface area (Å²) in [5.41, 5.74) is 0. The van der Waals surface area contributed by atoms with Gasteiger partial charge in [0.1, 0.15) is 0 Å². The number of hydrogen-bond acceptors (Lipinski definition) is 2. The molecule has 0 unspecified atom stereocenters. The molecule has 0 aromatic carbocycles. The smallest absolute Gasteiger partial charge is 0.170 e. The average molecular weight is 177 g/mol. The van der Waals surface area contributed by atoms with E-state index in [0.29, 0.717) is 0 Å². The molecule has 2 nitrogen and oxygen atoms in total. The lowest BCUT2D eigenvalue weighted by atomic mass is 11.8. The molecule has 0 aromatic rings. The molecule has 0 fully saturated rings. The Morgan fingerprint density at radius 3 is 1.80 bits per heavy atom. The lowest BCUT2D eigenvalue weighted by molar-refractivity contribution is 0.569. The molecule has 0 aliphatic rings. The van der Waals surface area contributed by atoms with Crippen LogP contribution in [0, 0.1) is 0 Å². The van der Waals surface area contributed by atoms with Crippen molar-refractivity contribution in [3.63, 3.8) is 0 Å². The minimum Gasteiger partial charge on any atom is -0.331 e. The quantitative estimate of drug-likeness (QED) is 0.362. The van der Waals surface area contributed by atoms with Gasteiger partial charge in [0.05, 0.1) is 0 Å². The molecule has 0 atom stereocenters. The van der Waals surface area contributed by atoms with Crippen LogP contribution in [0.3, 0.4) is 0 Å². The molecule has 4 heteroatoms. The molecule has 10 heavy (non-hydrogen) atoms. The van der Waals surface area contributed by atoms with Gasteiger partial charge in [-0.25, -0.2) is 0 Å². The fourth-order valence-electron chi connectivity index (χ4n) is 0.797. The molecule has 60 valence electrons. The third-order valence-electron chi connectivity index (χ3n) is 0.816. The third-order valence-corrected chi connectivity index (χ3v) is 5.79. The maximum atomic E-state index is 10.5. The summed E-state index contributed by atoms with van der Waals surface area (Å²) < 4.78 is 4.54. The second-order valence-electron chi connectivity index (χ2n) is 3.86. The van der Waals surface area contributed by atoms with Crippen LogP contribution < -0.4 is 0 Å². The van der Waals surface area contributed by atoms with Gasteiger partial charge < -0.3 is 4.41 Å². The Bertz CT molecular complexity index is 177. The van der Waals surface area contributed by atoms with Crippen LogP contribution in [-0.2, 0) is 4.79 Å². The molecule has 0 bridgehead atoms. The lowest BCUT2D eigenvalue weighted by Gasteiger charge is -2.14. The zero-order valence-electron chi connectivity index (χ0n) is 7.38. The van der Waals surface area contributed by atoms with Crippen LogP contribution in [-0.4, -0.2) is 27.6 Å². The fraction of sp³-hybridized carbons (Fsp3) is 0.833. The predicted octanol–water partition coefficient (Wildman–Crippen LogP) is 2.47. The number of hydrogen-bond donors (Lipinski definition) is 0. The van der Waals surface area contributed by atoms with Crippen molar-refractivity contribution in [3.05, 3.63) is 0 Å². The maximum Gasteiger partial charge on any atom is 0.170 e. The normalized spacial score (nSPS) is 12.9. The monoisotopic (exact) mass is 177 g/mol. The Kier molecular flexibility index (Phi) is 3.05. The average Bonchev–Trinajstić information content (AvgIpc) is 1.60. The highest BCUT2D eigenvalue weighted by Crippen LogP contribution is 2.38. The Morgan fingerprint density at radius 2 is 1.70 bits per heavy atom. The number of nitrogens with zero attached hydrogens (tertiary/aromatic N) is 1. The van der Waals surface area contributed by atoms with Gasteiger partial charge in [-0.15, -0.1) is 0 Å². The molecule has 0 aromatic heterocycles. The Labute approximate surface area is 64.2 Å². The summed E-state index contributed by atoms with van der Waals surface area (Å²) in [4.78, 5) is 10.5. The molecule has 0 saturated heterocycles. The van der Waals surface area contributed by atoms with Gasteiger partial charge in [-0.05, 0) is 13.3 Å². The van der Waals surface area contributed by atoms with Crippen LogP contribution in [0.15, 0.2) is 4.41 Å². The minimum absolute atomic E-state index is 1.02. The van der Waals surface area contributed by atoms with E-state index in [2.05, 4.69) is 24.1 Å². The Hall–Kier alpha value is 0.117. The second kappa shape index (κ2) is 3.01. The summed E-state index contributed by atoms with van der Waals surface area (Å²) in [7, 11) is -2.91. The molecule has 0 spiro atoms. The van der Waals surface area contributed by atoms with E-state index >= 15 is 0 Å². The van der Waals surface area contributed by atoms with Gasteiger partial charge in [-0.2, -0.15) is 0 Å². The van der Waals surface area contributed by atoms with Crippen LogP contribution in [0.1, 0.15) is 0 Å². The van der Waals surface area contributed by atoms with Crippen LogP contribution in [0.25, 0.3) is 0 Å². The topological polar surface area (TPSA) is 29.4 Å². The molecule has 0 radical (unpaired) electrons. The van der Waals surface area contributed by atoms with Gasteiger partial charge in [-0.1, -0.05) is 19.6 Å². The van der Waals surface area contributed by atoms with Crippen LogP contribution in [0.4, 0.5) is 0 Å². The van der Waals surface area contributed by atoms with Crippen LogP contribution in [0.2, 0.25) is 19.6 Å². The van der Waals surface area contributed by atoms with Crippen molar-refractivity contribution >= 4 is 21.3 Å². The van der Waals surface area contributed by atoms with Crippen molar-refractivity contribution in [1.82, 2.24) is 0 Å². The SMILES string of the molecule is C[Si](C)(C)N=P(C)(C)C=O. The van der Waals surface area contributed by atoms with E-state index in [1.807, 2.05) is 13.3 Å². The van der Waals surface area contributed by atoms with Gasteiger partial charge in [0, 0.05) is 7.05 Å². The van der Waals surface area contributed by atoms with Crippen molar-refractivity contribution in [2.75, 3.05) is 13.3 Å². The zero-order valence-corrected chi connectivity index (χ0v) is 9.27. The summed E-state index contributed by atoms with van der Waals surface area (Å²) in [5, 5.41) is 0. The number of carbonyl (C=O) groups excluding carboxylic acids is 1. The Balaban J connectivity index is 4.60. The first-order chi connectivity index (χ1) is 4.27. The van der Waals surface area contributed by atoms with Crippen LogP contribution in [0.5, 0.6) is 0 Å². The molecule has 0 rings (SSSR count). The van der Waals surface area contributed by atoms with Gasteiger partial charge in [-0.3, -0.25) is 4.79 Å².